The molecule has 0 radical (unpaired) electrons. The van der Waals surface area contributed by atoms with Crippen LogP contribution in [0.4, 0.5) is 4.79 Å². The number of carbonyl (C=O) groups is 4. The van der Waals surface area contributed by atoms with E-state index in [0.29, 0.717) is 31.4 Å². The molecule has 2 aromatic carbocycles. The average Bonchev–Trinajstić information content (AvgIpc) is 3.13. The van der Waals surface area contributed by atoms with Gasteiger partial charge in [-0.1, -0.05) is 49.4 Å². The zero-order valence-corrected chi connectivity index (χ0v) is 18.5. The fourth-order valence-corrected chi connectivity index (χ4v) is 4.23. The Labute approximate surface area is 192 Å². The first-order chi connectivity index (χ1) is 15.9. The van der Waals surface area contributed by atoms with Crippen molar-refractivity contribution >= 4 is 23.8 Å². The van der Waals surface area contributed by atoms with Crippen molar-refractivity contribution in [3.8, 4) is 0 Å². The highest BCUT2D eigenvalue weighted by Crippen LogP contribution is 2.28. The lowest BCUT2D eigenvalue weighted by atomic mass is 10.0. The van der Waals surface area contributed by atoms with Crippen molar-refractivity contribution in [3.05, 3.63) is 70.8 Å². The quantitative estimate of drug-likeness (QED) is 0.633. The van der Waals surface area contributed by atoms with Gasteiger partial charge in [-0.05, 0) is 35.6 Å². The summed E-state index contributed by atoms with van der Waals surface area (Å²) in [6.07, 6.45) is 1.16. The number of fused-ring (bicyclic) bond motifs is 1. The molecule has 0 spiro atoms. The first-order valence-corrected chi connectivity index (χ1v) is 11.2. The molecule has 1 unspecified atom stereocenters. The molecule has 2 N–H and O–H groups in total. The third-order valence-electron chi connectivity index (χ3n) is 6.06. The molecule has 8 heteroatoms. The molecule has 8 nitrogen and oxygen atoms in total. The monoisotopic (exact) mass is 449 g/mol. The summed E-state index contributed by atoms with van der Waals surface area (Å²) in [5.74, 6) is -0.981. The van der Waals surface area contributed by atoms with Crippen LogP contribution in [0.25, 0.3) is 0 Å². The topological polar surface area (TPSA) is 105 Å². The minimum atomic E-state index is -0.644. The average molecular weight is 450 g/mol. The lowest BCUT2D eigenvalue weighted by Crippen LogP contribution is -2.52. The Morgan fingerprint density at radius 1 is 1.15 bits per heavy atom. The van der Waals surface area contributed by atoms with E-state index >= 15 is 0 Å². The van der Waals surface area contributed by atoms with Crippen molar-refractivity contribution in [1.29, 1.82) is 0 Å². The highest BCUT2D eigenvalue weighted by atomic mass is 16.6. The number of rotatable bonds is 7. The van der Waals surface area contributed by atoms with Gasteiger partial charge in [-0.25, -0.2) is 4.79 Å². The van der Waals surface area contributed by atoms with Crippen LogP contribution < -0.4 is 10.6 Å². The standard InChI is InChI=1S/C25H27N3O5/c1-2-19(12-16-6-4-3-5-7-16)33-25(32)26-14-17-8-9-18-15-28(24(31)20(18)13-17)21-10-11-22(29)27-23(21)30/h3-9,13,19,21H,2,10-12,14-15H2,1H3,(H,26,32)(H,27,29,30)/t19-,21?/m1/s1. The second kappa shape index (κ2) is 9.85. The first kappa shape index (κ1) is 22.5. The molecule has 0 bridgehead atoms. The van der Waals surface area contributed by atoms with Gasteiger partial charge < -0.3 is 15.0 Å². The van der Waals surface area contributed by atoms with Gasteiger partial charge in [0.1, 0.15) is 12.1 Å². The van der Waals surface area contributed by atoms with Crippen molar-refractivity contribution in [2.75, 3.05) is 0 Å². The van der Waals surface area contributed by atoms with E-state index in [1.807, 2.05) is 49.4 Å². The summed E-state index contributed by atoms with van der Waals surface area (Å²) in [4.78, 5) is 50.3. The summed E-state index contributed by atoms with van der Waals surface area (Å²) in [5, 5.41) is 5.05. The van der Waals surface area contributed by atoms with E-state index in [0.717, 1.165) is 16.7 Å². The van der Waals surface area contributed by atoms with Crippen LogP contribution in [0.1, 0.15) is 53.2 Å². The summed E-state index contributed by atoms with van der Waals surface area (Å²) in [5.41, 5.74) is 3.21. The van der Waals surface area contributed by atoms with Crippen LogP contribution in [0.5, 0.6) is 0 Å². The molecule has 2 heterocycles. The molecule has 4 amide bonds. The van der Waals surface area contributed by atoms with Gasteiger partial charge in [0.25, 0.3) is 5.91 Å². The molecular formula is C25H27N3O5. The molecule has 2 aromatic rings. The number of piperidine rings is 1. The number of benzene rings is 2. The van der Waals surface area contributed by atoms with Crippen LogP contribution in [0.15, 0.2) is 48.5 Å². The summed E-state index contributed by atoms with van der Waals surface area (Å²) in [7, 11) is 0. The molecule has 0 aromatic heterocycles. The van der Waals surface area contributed by atoms with E-state index in [1.54, 1.807) is 6.07 Å². The molecule has 33 heavy (non-hydrogen) atoms. The van der Waals surface area contributed by atoms with Crippen molar-refractivity contribution < 1.29 is 23.9 Å². The Morgan fingerprint density at radius 2 is 1.94 bits per heavy atom. The molecule has 2 aliphatic rings. The van der Waals surface area contributed by atoms with E-state index in [-0.39, 0.29) is 30.9 Å². The number of carbonyl (C=O) groups excluding carboxylic acids is 4. The largest absolute Gasteiger partial charge is 0.446 e. The molecule has 172 valence electrons. The van der Waals surface area contributed by atoms with Crippen LogP contribution in [-0.4, -0.2) is 40.9 Å². The minimum absolute atomic E-state index is 0.219. The van der Waals surface area contributed by atoms with E-state index in [1.165, 1.54) is 4.90 Å². The van der Waals surface area contributed by atoms with Crippen molar-refractivity contribution in [2.24, 2.45) is 0 Å². The number of nitrogens with one attached hydrogen (secondary N) is 2. The number of alkyl carbamates (subject to hydrolysis) is 1. The van der Waals surface area contributed by atoms with Crippen molar-refractivity contribution in [3.63, 3.8) is 0 Å². The van der Waals surface area contributed by atoms with E-state index in [2.05, 4.69) is 10.6 Å². The number of imide groups is 1. The van der Waals surface area contributed by atoms with Gasteiger partial charge >= 0.3 is 6.09 Å². The van der Waals surface area contributed by atoms with Gasteiger partial charge in [0.15, 0.2) is 0 Å². The number of amides is 4. The van der Waals surface area contributed by atoms with Crippen LogP contribution in [0.2, 0.25) is 0 Å². The van der Waals surface area contributed by atoms with Crippen molar-refractivity contribution in [2.45, 2.75) is 57.8 Å². The third-order valence-corrected chi connectivity index (χ3v) is 6.06. The lowest BCUT2D eigenvalue weighted by Gasteiger charge is -2.29. The molecule has 2 atom stereocenters. The number of hydrogen-bond donors (Lipinski definition) is 2. The van der Waals surface area contributed by atoms with Gasteiger partial charge in [-0.2, -0.15) is 0 Å². The Bertz CT molecular complexity index is 1070. The molecule has 4 rings (SSSR count). The van der Waals surface area contributed by atoms with Crippen LogP contribution in [0, 0.1) is 0 Å². The van der Waals surface area contributed by atoms with Gasteiger partial charge in [0, 0.05) is 31.5 Å². The molecule has 1 fully saturated rings. The lowest BCUT2D eigenvalue weighted by molar-refractivity contribution is -0.136. The summed E-state index contributed by atoms with van der Waals surface area (Å²) in [6, 6.07) is 14.7. The normalized spacial score (nSPS) is 18.5. The second-order valence-electron chi connectivity index (χ2n) is 8.37. The second-order valence-corrected chi connectivity index (χ2v) is 8.37. The van der Waals surface area contributed by atoms with Crippen LogP contribution in [0.3, 0.4) is 0 Å². The Balaban J connectivity index is 1.33. The molecule has 0 saturated carbocycles. The van der Waals surface area contributed by atoms with Crippen molar-refractivity contribution in [1.82, 2.24) is 15.5 Å². The molecule has 1 saturated heterocycles. The minimum Gasteiger partial charge on any atom is -0.446 e. The summed E-state index contributed by atoms with van der Waals surface area (Å²) >= 11 is 0. The van der Waals surface area contributed by atoms with Gasteiger partial charge in [-0.15, -0.1) is 0 Å². The van der Waals surface area contributed by atoms with E-state index in [9.17, 15) is 19.2 Å². The fourth-order valence-electron chi connectivity index (χ4n) is 4.23. The maximum atomic E-state index is 12.9. The van der Waals surface area contributed by atoms with Gasteiger partial charge in [-0.3, -0.25) is 19.7 Å². The van der Waals surface area contributed by atoms with E-state index < -0.39 is 18.0 Å². The number of hydrogen-bond acceptors (Lipinski definition) is 5. The van der Waals surface area contributed by atoms with Gasteiger partial charge in [0.2, 0.25) is 11.8 Å². The predicted molar refractivity (Wildman–Crippen MR) is 120 cm³/mol. The molecule has 0 aliphatic carbocycles. The predicted octanol–water partition coefficient (Wildman–Crippen LogP) is 2.70. The van der Waals surface area contributed by atoms with Crippen LogP contribution >= 0.6 is 0 Å². The smallest absolute Gasteiger partial charge is 0.407 e. The van der Waals surface area contributed by atoms with E-state index in [4.69, 9.17) is 4.74 Å². The SMILES string of the molecule is CC[C@H](Cc1ccccc1)OC(=O)NCc1ccc2c(c1)C(=O)N(C1CCC(=O)NC1=O)C2. The highest BCUT2D eigenvalue weighted by molar-refractivity contribution is 6.05. The molecule has 2 aliphatic heterocycles. The Kier molecular flexibility index (Phi) is 6.72. The number of ether oxygens (including phenoxy) is 1. The zero-order valence-electron chi connectivity index (χ0n) is 18.5. The Morgan fingerprint density at radius 3 is 2.67 bits per heavy atom. The van der Waals surface area contributed by atoms with Gasteiger partial charge in [0.05, 0.1) is 0 Å². The summed E-state index contributed by atoms with van der Waals surface area (Å²) in [6.45, 7) is 2.52. The fraction of sp³-hybridized carbons (Fsp3) is 0.360. The Hall–Kier alpha value is -3.68. The zero-order chi connectivity index (χ0) is 23.4. The first-order valence-electron chi connectivity index (χ1n) is 11.2. The third kappa shape index (κ3) is 5.22. The van der Waals surface area contributed by atoms with Crippen LogP contribution in [-0.2, 0) is 33.8 Å². The number of nitrogens with zero attached hydrogens (tertiary/aromatic N) is 1. The maximum absolute atomic E-state index is 12.9. The summed E-state index contributed by atoms with van der Waals surface area (Å²) < 4.78 is 5.56. The molecular weight excluding hydrogens is 422 g/mol. The highest BCUT2D eigenvalue weighted by Gasteiger charge is 2.39. The maximum Gasteiger partial charge on any atom is 0.407 e.